The Morgan fingerprint density at radius 1 is 1.05 bits per heavy atom. The van der Waals surface area contributed by atoms with Crippen LogP contribution in [-0.2, 0) is 13.0 Å². The molecule has 0 bridgehead atoms. The van der Waals surface area contributed by atoms with Crippen LogP contribution >= 0.6 is 0 Å². The van der Waals surface area contributed by atoms with Gasteiger partial charge in [-0.05, 0) is 37.0 Å². The first-order valence-corrected chi connectivity index (χ1v) is 7.65. The predicted octanol–water partition coefficient (Wildman–Crippen LogP) is 3.69. The first kappa shape index (κ1) is 16.1. The van der Waals surface area contributed by atoms with E-state index in [1.54, 1.807) is 4.90 Å². The van der Waals surface area contributed by atoms with Gasteiger partial charge < -0.3 is 10.2 Å². The van der Waals surface area contributed by atoms with Gasteiger partial charge in [-0.2, -0.15) is 0 Å². The summed E-state index contributed by atoms with van der Waals surface area (Å²) in [5.41, 5.74) is 4.89. The number of hydrogen-bond donors (Lipinski definition) is 1. The molecule has 0 spiro atoms. The van der Waals surface area contributed by atoms with Crippen molar-refractivity contribution in [2.45, 2.75) is 26.8 Å². The molecule has 0 atom stereocenters. The SMILES string of the molecule is Cc1ccc(CCNC(=O)N(C)Cc2ccccc2C)cc1. The second-order valence-electron chi connectivity index (χ2n) is 5.75. The zero-order valence-corrected chi connectivity index (χ0v) is 13.6. The average Bonchev–Trinajstić information content (AvgIpc) is 2.51. The fourth-order valence-electron chi connectivity index (χ4n) is 2.32. The Kier molecular flexibility index (Phi) is 5.59. The van der Waals surface area contributed by atoms with Crippen molar-refractivity contribution in [1.29, 1.82) is 0 Å². The Hall–Kier alpha value is -2.29. The number of hydrogen-bond acceptors (Lipinski definition) is 1. The quantitative estimate of drug-likeness (QED) is 0.896. The van der Waals surface area contributed by atoms with Gasteiger partial charge in [-0.1, -0.05) is 54.1 Å². The second-order valence-corrected chi connectivity index (χ2v) is 5.75. The zero-order valence-electron chi connectivity index (χ0n) is 13.6. The van der Waals surface area contributed by atoms with E-state index in [0.29, 0.717) is 13.1 Å². The zero-order chi connectivity index (χ0) is 15.9. The maximum atomic E-state index is 12.1. The highest BCUT2D eigenvalue weighted by Gasteiger charge is 2.09. The van der Waals surface area contributed by atoms with Crippen LogP contribution in [0.3, 0.4) is 0 Å². The van der Waals surface area contributed by atoms with E-state index >= 15 is 0 Å². The number of amides is 2. The van der Waals surface area contributed by atoms with E-state index in [2.05, 4.69) is 55.6 Å². The van der Waals surface area contributed by atoms with Gasteiger partial charge >= 0.3 is 6.03 Å². The lowest BCUT2D eigenvalue weighted by Gasteiger charge is -2.19. The molecule has 0 unspecified atom stereocenters. The minimum absolute atomic E-state index is 0.0321. The van der Waals surface area contributed by atoms with Gasteiger partial charge in [0.25, 0.3) is 0 Å². The first-order chi connectivity index (χ1) is 10.6. The molecule has 0 fully saturated rings. The number of benzene rings is 2. The van der Waals surface area contributed by atoms with Crippen LogP contribution in [0.25, 0.3) is 0 Å². The smallest absolute Gasteiger partial charge is 0.317 e. The van der Waals surface area contributed by atoms with Gasteiger partial charge in [-0.3, -0.25) is 0 Å². The molecule has 1 N–H and O–H groups in total. The molecule has 2 amide bonds. The molecule has 2 aromatic carbocycles. The molecule has 2 rings (SSSR count). The van der Waals surface area contributed by atoms with Crippen molar-refractivity contribution in [3.8, 4) is 0 Å². The fourth-order valence-corrected chi connectivity index (χ4v) is 2.32. The molecule has 3 nitrogen and oxygen atoms in total. The molecule has 0 aliphatic heterocycles. The summed E-state index contributed by atoms with van der Waals surface area (Å²) < 4.78 is 0. The number of aryl methyl sites for hydroxylation is 2. The molecular formula is C19H24N2O. The first-order valence-electron chi connectivity index (χ1n) is 7.65. The lowest BCUT2D eigenvalue weighted by Crippen LogP contribution is -2.37. The molecule has 22 heavy (non-hydrogen) atoms. The predicted molar refractivity (Wildman–Crippen MR) is 90.9 cm³/mol. The molecule has 3 heteroatoms. The molecule has 0 aliphatic rings. The minimum Gasteiger partial charge on any atom is -0.338 e. The van der Waals surface area contributed by atoms with Crippen molar-refractivity contribution >= 4 is 6.03 Å². The number of nitrogens with zero attached hydrogens (tertiary/aromatic N) is 1. The van der Waals surface area contributed by atoms with Gasteiger partial charge in [0.2, 0.25) is 0 Å². The minimum atomic E-state index is -0.0321. The van der Waals surface area contributed by atoms with Crippen LogP contribution < -0.4 is 5.32 Å². The Balaban J connectivity index is 1.79. The van der Waals surface area contributed by atoms with Crippen molar-refractivity contribution < 1.29 is 4.79 Å². The summed E-state index contributed by atoms with van der Waals surface area (Å²) in [6, 6.07) is 16.5. The highest BCUT2D eigenvalue weighted by Crippen LogP contribution is 2.09. The fraction of sp³-hybridized carbons (Fsp3) is 0.316. The van der Waals surface area contributed by atoms with Crippen molar-refractivity contribution in [2.24, 2.45) is 0 Å². The monoisotopic (exact) mass is 296 g/mol. The van der Waals surface area contributed by atoms with Gasteiger partial charge in [-0.15, -0.1) is 0 Å². The average molecular weight is 296 g/mol. The van der Waals surface area contributed by atoms with Gasteiger partial charge in [0, 0.05) is 20.1 Å². The summed E-state index contributed by atoms with van der Waals surface area (Å²) in [5.74, 6) is 0. The van der Waals surface area contributed by atoms with Crippen LogP contribution in [0.15, 0.2) is 48.5 Å². The van der Waals surface area contributed by atoms with E-state index < -0.39 is 0 Å². The largest absolute Gasteiger partial charge is 0.338 e. The van der Waals surface area contributed by atoms with E-state index in [9.17, 15) is 4.79 Å². The highest BCUT2D eigenvalue weighted by atomic mass is 16.2. The third kappa shape index (κ3) is 4.62. The number of nitrogens with one attached hydrogen (secondary N) is 1. The van der Waals surface area contributed by atoms with E-state index in [1.165, 1.54) is 22.3 Å². The van der Waals surface area contributed by atoms with Crippen molar-refractivity contribution in [1.82, 2.24) is 10.2 Å². The molecule has 0 saturated carbocycles. The molecule has 0 heterocycles. The molecular weight excluding hydrogens is 272 g/mol. The molecule has 0 radical (unpaired) electrons. The van der Waals surface area contributed by atoms with E-state index in [4.69, 9.17) is 0 Å². The highest BCUT2D eigenvalue weighted by molar-refractivity contribution is 5.73. The van der Waals surface area contributed by atoms with E-state index in [0.717, 1.165) is 6.42 Å². The lowest BCUT2D eigenvalue weighted by molar-refractivity contribution is 0.207. The Labute approximate surface area is 133 Å². The normalized spacial score (nSPS) is 10.3. The molecule has 2 aromatic rings. The third-order valence-corrected chi connectivity index (χ3v) is 3.83. The van der Waals surface area contributed by atoms with E-state index in [-0.39, 0.29) is 6.03 Å². The maximum Gasteiger partial charge on any atom is 0.317 e. The topological polar surface area (TPSA) is 32.3 Å². The maximum absolute atomic E-state index is 12.1. The van der Waals surface area contributed by atoms with Crippen LogP contribution in [-0.4, -0.2) is 24.5 Å². The summed E-state index contributed by atoms with van der Waals surface area (Å²) >= 11 is 0. The van der Waals surface area contributed by atoms with Gasteiger partial charge in [0.05, 0.1) is 0 Å². The summed E-state index contributed by atoms with van der Waals surface area (Å²) in [4.78, 5) is 13.8. The van der Waals surface area contributed by atoms with Crippen LogP contribution in [0.1, 0.15) is 22.3 Å². The van der Waals surface area contributed by atoms with Crippen molar-refractivity contribution in [2.75, 3.05) is 13.6 Å². The van der Waals surface area contributed by atoms with Crippen molar-refractivity contribution in [3.05, 3.63) is 70.8 Å². The Morgan fingerprint density at radius 2 is 1.73 bits per heavy atom. The number of carbonyl (C=O) groups excluding carboxylic acids is 1. The van der Waals surface area contributed by atoms with Crippen LogP contribution in [0, 0.1) is 13.8 Å². The molecule has 0 aliphatic carbocycles. The van der Waals surface area contributed by atoms with Crippen molar-refractivity contribution in [3.63, 3.8) is 0 Å². The van der Waals surface area contributed by atoms with Gasteiger partial charge in [0.1, 0.15) is 0 Å². The van der Waals surface area contributed by atoms with E-state index in [1.807, 2.05) is 19.2 Å². The van der Waals surface area contributed by atoms with Crippen LogP contribution in [0.4, 0.5) is 4.79 Å². The Bertz CT molecular complexity index is 620. The summed E-state index contributed by atoms with van der Waals surface area (Å²) in [5, 5.41) is 2.97. The molecule has 0 aromatic heterocycles. The summed E-state index contributed by atoms with van der Waals surface area (Å²) in [7, 11) is 1.83. The third-order valence-electron chi connectivity index (χ3n) is 3.83. The molecule has 116 valence electrons. The number of rotatable bonds is 5. The van der Waals surface area contributed by atoms with Gasteiger partial charge in [-0.25, -0.2) is 4.79 Å². The summed E-state index contributed by atoms with van der Waals surface area (Å²) in [6.07, 6.45) is 0.851. The molecule has 0 saturated heterocycles. The van der Waals surface area contributed by atoms with Crippen LogP contribution in [0.5, 0.6) is 0 Å². The Morgan fingerprint density at radius 3 is 2.41 bits per heavy atom. The lowest BCUT2D eigenvalue weighted by atomic mass is 10.1. The number of urea groups is 1. The summed E-state index contributed by atoms with van der Waals surface area (Å²) in [6.45, 7) is 5.42. The standard InChI is InChI=1S/C19H24N2O/c1-15-8-10-17(11-9-15)12-13-20-19(22)21(3)14-18-7-5-4-6-16(18)2/h4-11H,12-14H2,1-3H3,(H,20,22). The van der Waals surface area contributed by atoms with Crippen LogP contribution in [0.2, 0.25) is 0 Å². The second kappa shape index (κ2) is 7.64. The van der Waals surface area contributed by atoms with Gasteiger partial charge in [0.15, 0.2) is 0 Å². The number of carbonyl (C=O) groups is 1.